The number of methoxy groups -OCH3 is 2. The molecule has 1 unspecified atom stereocenters. The van der Waals surface area contributed by atoms with E-state index in [0.717, 1.165) is 45.2 Å². The van der Waals surface area contributed by atoms with E-state index < -0.39 is 0 Å². The maximum Gasteiger partial charge on any atom is 0.228 e. The van der Waals surface area contributed by atoms with Crippen LogP contribution in [-0.2, 0) is 14.3 Å². The second-order valence-electron chi connectivity index (χ2n) is 5.73. The highest BCUT2D eigenvalue weighted by Gasteiger charge is 2.40. The maximum absolute atomic E-state index is 12.7. The highest BCUT2D eigenvalue weighted by Crippen LogP contribution is 2.29. The van der Waals surface area contributed by atoms with Gasteiger partial charge in [-0.2, -0.15) is 0 Å². The zero-order valence-corrected chi connectivity index (χ0v) is 14.4. The predicted octanol–water partition coefficient (Wildman–Crippen LogP) is 1.75. The molecule has 1 rings (SSSR count). The molecule has 1 atom stereocenters. The maximum atomic E-state index is 12.7. The lowest BCUT2D eigenvalue weighted by Gasteiger charge is -2.36. The number of hydrogen-bond donors (Lipinski definition) is 2. The predicted molar refractivity (Wildman–Crippen MR) is 87.0 cm³/mol. The van der Waals surface area contributed by atoms with Crippen molar-refractivity contribution in [3.63, 3.8) is 0 Å². The van der Waals surface area contributed by atoms with Crippen LogP contribution in [0.2, 0.25) is 0 Å². The van der Waals surface area contributed by atoms with Gasteiger partial charge in [-0.25, -0.2) is 0 Å². The van der Waals surface area contributed by atoms with Crippen molar-refractivity contribution in [3.8, 4) is 0 Å². The topological polar surface area (TPSA) is 59.6 Å². The molecule has 0 bridgehead atoms. The SMILES string of the molecule is CCCCC(COC)NC(=O)C1(COC)CCNCC1.Cl. The number of ether oxygens (including phenoxy) is 2. The van der Waals surface area contributed by atoms with Crippen LogP contribution in [0.1, 0.15) is 39.0 Å². The molecule has 2 N–H and O–H groups in total. The van der Waals surface area contributed by atoms with Gasteiger partial charge in [0, 0.05) is 14.2 Å². The first-order valence-corrected chi connectivity index (χ1v) is 7.68. The molecule has 1 aliphatic heterocycles. The number of amides is 1. The van der Waals surface area contributed by atoms with E-state index in [1.54, 1.807) is 14.2 Å². The molecule has 21 heavy (non-hydrogen) atoms. The molecular weight excluding hydrogens is 292 g/mol. The zero-order valence-electron chi connectivity index (χ0n) is 13.6. The van der Waals surface area contributed by atoms with E-state index in [2.05, 4.69) is 17.6 Å². The molecule has 1 saturated heterocycles. The lowest BCUT2D eigenvalue weighted by Crippen LogP contribution is -2.53. The summed E-state index contributed by atoms with van der Waals surface area (Å²) in [6.07, 6.45) is 4.87. The first-order valence-electron chi connectivity index (χ1n) is 7.68. The summed E-state index contributed by atoms with van der Waals surface area (Å²) in [5.41, 5.74) is -0.377. The van der Waals surface area contributed by atoms with Crippen molar-refractivity contribution in [2.45, 2.75) is 45.1 Å². The average molecular weight is 323 g/mol. The van der Waals surface area contributed by atoms with Gasteiger partial charge in [-0.05, 0) is 32.4 Å². The number of nitrogens with one attached hydrogen (secondary N) is 2. The molecule has 0 saturated carbocycles. The molecule has 0 aromatic rings. The highest BCUT2D eigenvalue weighted by atomic mass is 35.5. The van der Waals surface area contributed by atoms with E-state index in [4.69, 9.17) is 9.47 Å². The van der Waals surface area contributed by atoms with Crippen LogP contribution >= 0.6 is 12.4 Å². The first kappa shape index (κ1) is 20.6. The van der Waals surface area contributed by atoms with Crippen molar-refractivity contribution in [2.75, 3.05) is 40.5 Å². The lowest BCUT2D eigenvalue weighted by molar-refractivity contribution is -0.137. The Labute approximate surface area is 134 Å². The van der Waals surface area contributed by atoms with Crippen molar-refractivity contribution < 1.29 is 14.3 Å². The summed E-state index contributed by atoms with van der Waals surface area (Å²) in [6.45, 7) is 4.98. The van der Waals surface area contributed by atoms with Gasteiger partial charge in [0.05, 0.1) is 24.7 Å². The van der Waals surface area contributed by atoms with Gasteiger partial charge in [-0.15, -0.1) is 12.4 Å². The van der Waals surface area contributed by atoms with E-state index >= 15 is 0 Å². The van der Waals surface area contributed by atoms with Crippen molar-refractivity contribution in [1.82, 2.24) is 10.6 Å². The minimum atomic E-state index is -0.377. The molecule has 126 valence electrons. The Kier molecular flexibility index (Phi) is 11.0. The third-order valence-corrected chi connectivity index (χ3v) is 4.07. The third kappa shape index (κ3) is 6.51. The van der Waals surface area contributed by atoms with Crippen LogP contribution in [0.25, 0.3) is 0 Å². The Morgan fingerprint density at radius 2 is 1.95 bits per heavy atom. The molecule has 0 aromatic carbocycles. The number of hydrogen-bond acceptors (Lipinski definition) is 4. The van der Waals surface area contributed by atoms with Crippen LogP contribution in [0, 0.1) is 5.41 Å². The van der Waals surface area contributed by atoms with Gasteiger partial charge in [-0.3, -0.25) is 4.79 Å². The van der Waals surface area contributed by atoms with Crippen molar-refractivity contribution >= 4 is 18.3 Å². The Morgan fingerprint density at radius 1 is 1.29 bits per heavy atom. The van der Waals surface area contributed by atoms with E-state index in [9.17, 15) is 4.79 Å². The van der Waals surface area contributed by atoms with Crippen molar-refractivity contribution in [3.05, 3.63) is 0 Å². The Morgan fingerprint density at radius 3 is 2.48 bits per heavy atom. The highest BCUT2D eigenvalue weighted by molar-refractivity contribution is 5.85. The van der Waals surface area contributed by atoms with Gasteiger partial charge < -0.3 is 20.1 Å². The molecule has 6 heteroatoms. The largest absolute Gasteiger partial charge is 0.384 e. The number of carbonyl (C=O) groups is 1. The molecule has 5 nitrogen and oxygen atoms in total. The van der Waals surface area contributed by atoms with Gasteiger partial charge in [0.25, 0.3) is 0 Å². The molecular formula is C15H31ClN2O3. The second kappa shape index (κ2) is 11.2. The summed E-state index contributed by atoms with van der Waals surface area (Å²) in [7, 11) is 3.35. The van der Waals surface area contributed by atoms with Crippen molar-refractivity contribution in [2.24, 2.45) is 5.41 Å². The standard InChI is InChI=1S/C15H30N2O3.ClH/c1-4-5-6-13(11-19-2)17-14(18)15(12-20-3)7-9-16-10-8-15;/h13,16H,4-12H2,1-3H3,(H,17,18);1H. The molecule has 1 aliphatic rings. The van der Waals surface area contributed by atoms with E-state index in [-0.39, 0.29) is 29.8 Å². The van der Waals surface area contributed by atoms with Crippen LogP contribution in [0.4, 0.5) is 0 Å². The smallest absolute Gasteiger partial charge is 0.228 e. The molecule has 0 spiro atoms. The number of carbonyl (C=O) groups excluding carboxylic acids is 1. The Bertz CT molecular complexity index is 279. The minimum Gasteiger partial charge on any atom is -0.384 e. The summed E-state index contributed by atoms with van der Waals surface area (Å²) >= 11 is 0. The van der Waals surface area contributed by atoms with E-state index in [1.807, 2.05) is 0 Å². The lowest BCUT2D eigenvalue weighted by atomic mass is 9.78. The fraction of sp³-hybridized carbons (Fsp3) is 0.933. The minimum absolute atomic E-state index is 0. The first-order chi connectivity index (χ1) is 9.68. The normalized spacial score (nSPS) is 18.6. The molecule has 1 amide bonds. The van der Waals surface area contributed by atoms with Crippen LogP contribution in [0.5, 0.6) is 0 Å². The van der Waals surface area contributed by atoms with Gasteiger partial charge in [0.2, 0.25) is 5.91 Å². The van der Waals surface area contributed by atoms with E-state index in [0.29, 0.717) is 13.2 Å². The van der Waals surface area contributed by atoms with Gasteiger partial charge in [0.1, 0.15) is 0 Å². The number of piperidine rings is 1. The van der Waals surface area contributed by atoms with Crippen LogP contribution in [-0.4, -0.2) is 52.5 Å². The molecule has 1 heterocycles. The van der Waals surface area contributed by atoms with Crippen molar-refractivity contribution in [1.29, 1.82) is 0 Å². The van der Waals surface area contributed by atoms with Crippen LogP contribution in [0.3, 0.4) is 0 Å². The van der Waals surface area contributed by atoms with Crippen LogP contribution in [0.15, 0.2) is 0 Å². The molecule has 1 fully saturated rings. The number of rotatable bonds is 9. The monoisotopic (exact) mass is 322 g/mol. The summed E-state index contributed by atoms with van der Waals surface area (Å²) in [4.78, 5) is 12.7. The third-order valence-electron chi connectivity index (χ3n) is 4.07. The second-order valence-corrected chi connectivity index (χ2v) is 5.73. The zero-order chi connectivity index (χ0) is 14.8. The fourth-order valence-electron chi connectivity index (χ4n) is 2.81. The summed E-state index contributed by atoms with van der Waals surface area (Å²) in [5, 5.41) is 6.48. The summed E-state index contributed by atoms with van der Waals surface area (Å²) < 4.78 is 10.5. The fourth-order valence-corrected chi connectivity index (χ4v) is 2.81. The van der Waals surface area contributed by atoms with Crippen LogP contribution < -0.4 is 10.6 Å². The Balaban J connectivity index is 0.00000400. The quantitative estimate of drug-likeness (QED) is 0.679. The summed E-state index contributed by atoms with van der Waals surface area (Å²) in [6, 6.07) is 0.107. The summed E-state index contributed by atoms with van der Waals surface area (Å²) in [5.74, 6) is 0.124. The number of unbranched alkanes of at least 4 members (excludes halogenated alkanes) is 1. The van der Waals surface area contributed by atoms with Gasteiger partial charge in [0.15, 0.2) is 0 Å². The number of halogens is 1. The molecule has 0 aliphatic carbocycles. The Hall–Kier alpha value is -0.360. The molecule has 0 aromatic heterocycles. The van der Waals surface area contributed by atoms with Gasteiger partial charge >= 0.3 is 0 Å². The average Bonchev–Trinajstić information content (AvgIpc) is 2.46. The van der Waals surface area contributed by atoms with Gasteiger partial charge in [-0.1, -0.05) is 19.8 Å². The van der Waals surface area contributed by atoms with E-state index in [1.165, 1.54) is 0 Å². The molecule has 0 radical (unpaired) electrons.